The standard InChI is InChI=1S/C12H14F2O2/c1-3-16-11-6-9(12(13)14)4-5-10(11)8(2)7-15/h4-8,12H,3H2,1-2H3. The van der Waals surface area contributed by atoms with Crippen molar-refractivity contribution in [2.75, 3.05) is 6.61 Å². The van der Waals surface area contributed by atoms with Gasteiger partial charge in [-0.15, -0.1) is 0 Å². The smallest absolute Gasteiger partial charge is 0.263 e. The van der Waals surface area contributed by atoms with E-state index in [1.54, 1.807) is 13.8 Å². The molecule has 2 nitrogen and oxygen atoms in total. The van der Waals surface area contributed by atoms with Crippen LogP contribution in [0.2, 0.25) is 0 Å². The van der Waals surface area contributed by atoms with Gasteiger partial charge in [0.2, 0.25) is 0 Å². The number of rotatable bonds is 5. The first-order valence-electron chi connectivity index (χ1n) is 5.10. The van der Waals surface area contributed by atoms with Crippen molar-refractivity contribution in [2.24, 2.45) is 0 Å². The Labute approximate surface area is 93.2 Å². The van der Waals surface area contributed by atoms with Crippen LogP contribution >= 0.6 is 0 Å². The van der Waals surface area contributed by atoms with Gasteiger partial charge in [-0.1, -0.05) is 19.1 Å². The van der Waals surface area contributed by atoms with Gasteiger partial charge in [0.1, 0.15) is 12.0 Å². The van der Waals surface area contributed by atoms with E-state index in [-0.39, 0.29) is 11.5 Å². The van der Waals surface area contributed by atoms with Gasteiger partial charge in [-0.25, -0.2) is 8.78 Å². The van der Waals surface area contributed by atoms with Crippen LogP contribution in [0, 0.1) is 0 Å². The Morgan fingerprint density at radius 2 is 2.12 bits per heavy atom. The number of hydrogen-bond donors (Lipinski definition) is 0. The van der Waals surface area contributed by atoms with Gasteiger partial charge in [0.15, 0.2) is 0 Å². The molecule has 1 atom stereocenters. The molecule has 0 amide bonds. The minimum absolute atomic E-state index is 0.0923. The first-order chi connectivity index (χ1) is 7.60. The Morgan fingerprint density at radius 1 is 1.44 bits per heavy atom. The van der Waals surface area contributed by atoms with Crippen LogP contribution in [0.25, 0.3) is 0 Å². The van der Waals surface area contributed by atoms with Gasteiger partial charge in [0, 0.05) is 17.0 Å². The number of carbonyl (C=O) groups is 1. The predicted molar refractivity (Wildman–Crippen MR) is 57.0 cm³/mol. The molecule has 0 aliphatic heterocycles. The highest BCUT2D eigenvalue weighted by Gasteiger charge is 2.15. The van der Waals surface area contributed by atoms with E-state index in [1.807, 2.05) is 0 Å². The second-order valence-corrected chi connectivity index (χ2v) is 3.46. The Balaban J connectivity index is 3.13. The Kier molecular flexibility index (Phi) is 4.40. The highest BCUT2D eigenvalue weighted by atomic mass is 19.3. The van der Waals surface area contributed by atoms with E-state index in [0.29, 0.717) is 17.9 Å². The topological polar surface area (TPSA) is 26.3 Å². The molecule has 1 rings (SSSR count). The van der Waals surface area contributed by atoms with Crippen molar-refractivity contribution >= 4 is 6.29 Å². The van der Waals surface area contributed by atoms with Gasteiger partial charge in [-0.2, -0.15) is 0 Å². The summed E-state index contributed by atoms with van der Waals surface area (Å²) in [5.74, 6) is 0.00757. The van der Waals surface area contributed by atoms with Crippen molar-refractivity contribution in [3.63, 3.8) is 0 Å². The van der Waals surface area contributed by atoms with E-state index >= 15 is 0 Å². The first-order valence-corrected chi connectivity index (χ1v) is 5.10. The third-order valence-corrected chi connectivity index (χ3v) is 2.28. The van der Waals surface area contributed by atoms with E-state index in [2.05, 4.69) is 0 Å². The zero-order chi connectivity index (χ0) is 12.1. The van der Waals surface area contributed by atoms with E-state index in [0.717, 1.165) is 6.29 Å². The van der Waals surface area contributed by atoms with Crippen LogP contribution in [0.3, 0.4) is 0 Å². The van der Waals surface area contributed by atoms with Crippen LogP contribution in [-0.4, -0.2) is 12.9 Å². The second-order valence-electron chi connectivity index (χ2n) is 3.46. The molecule has 0 spiro atoms. The minimum atomic E-state index is -2.53. The number of aldehydes is 1. The quantitative estimate of drug-likeness (QED) is 0.722. The fourth-order valence-corrected chi connectivity index (χ4v) is 1.42. The number of benzene rings is 1. The number of halogens is 2. The van der Waals surface area contributed by atoms with Crippen molar-refractivity contribution in [3.8, 4) is 5.75 Å². The van der Waals surface area contributed by atoms with Gasteiger partial charge >= 0.3 is 0 Å². The first kappa shape index (κ1) is 12.6. The van der Waals surface area contributed by atoms with Crippen molar-refractivity contribution in [3.05, 3.63) is 29.3 Å². The maximum absolute atomic E-state index is 12.5. The third kappa shape index (κ3) is 2.78. The summed E-state index contributed by atoms with van der Waals surface area (Å²) >= 11 is 0. The summed E-state index contributed by atoms with van der Waals surface area (Å²) in [6, 6.07) is 4.14. The fourth-order valence-electron chi connectivity index (χ4n) is 1.42. The van der Waals surface area contributed by atoms with E-state index < -0.39 is 6.43 Å². The zero-order valence-electron chi connectivity index (χ0n) is 9.24. The summed E-state index contributed by atoms with van der Waals surface area (Å²) in [6.45, 7) is 3.85. The van der Waals surface area contributed by atoms with Crippen molar-refractivity contribution in [1.82, 2.24) is 0 Å². The minimum Gasteiger partial charge on any atom is -0.494 e. The molecular formula is C12H14F2O2. The van der Waals surface area contributed by atoms with Crippen LogP contribution in [-0.2, 0) is 4.79 Å². The Hall–Kier alpha value is -1.45. The van der Waals surface area contributed by atoms with Crippen molar-refractivity contribution < 1.29 is 18.3 Å². The van der Waals surface area contributed by atoms with Crippen LogP contribution in [0.15, 0.2) is 18.2 Å². The maximum atomic E-state index is 12.5. The van der Waals surface area contributed by atoms with E-state index in [4.69, 9.17) is 4.74 Å². The maximum Gasteiger partial charge on any atom is 0.263 e. The molecule has 0 bridgehead atoms. The molecule has 1 aromatic carbocycles. The molecule has 0 saturated heterocycles. The molecule has 0 aliphatic rings. The lowest BCUT2D eigenvalue weighted by atomic mass is 10.00. The molecule has 1 unspecified atom stereocenters. The number of alkyl halides is 2. The molecule has 0 saturated carbocycles. The third-order valence-electron chi connectivity index (χ3n) is 2.28. The van der Waals surface area contributed by atoms with E-state index in [1.165, 1.54) is 18.2 Å². The summed E-state index contributed by atoms with van der Waals surface area (Å²) < 4.78 is 30.2. The molecular weight excluding hydrogens is 214 g/mol. The van der Waals surface area contributed by atoms with Gasteiger partial charge in [0.05, 0.1) is 6.61 Å². The molecule has 1 aromatic rings. The predicted octanol–water partition coefficient (Wildman–Crippen LogP) is 3.33. The van der Waals surface area contributed by atoms with Gasteiger partial charge in [-0.05, 0) is 13.0 Å². The Morgan fingerprint density at radius 3 is 2.62 bits per heavy atom. The van der Waals surface area contributed by atoms with E-state index in [9.17, 15) is 13.6 Å². The molecule has 0 radical (unpaired) electrons. The largest absolute Gasteiger partial charge is 0.494 e. The lowest BCUT2D eigenvalue weighted by molar-refractivity contribution is -0.108. The fraction of sp³-hybridized carbons (Fsp3) is 0.417. The highest BCUT2D eigenvalue weighted by molar-refractivity contribution is 5.64. The Bertz CT molecular complexity index is 364. The zero-order valence-corrected chi connectivity index (χ0v) is 9.24. The molecule has 0 aromatic heterocycles. The SMILES string of the molecule is CCOc1cc(C(F)F)ccc1C(C)C=O. The molecule has 0 N–H and O–H groups in total. The van der Waals surface area contributed by atoms with Gasteiger partial charge in [0.25, 0.3) is 6.43 Å². The van der Waals surface area contributed by atoms with Crippen LogP contribution in [0.5, 0.6) is 5.75 Å². The molecule has 0 fully saturated rings. The highest BCUT2D eigenvalue weighted by Crippen LogP contribution is 2.30. The second kappa shape index (κ2) is 5.58. The average Bonchev–Trinajstić information content (AvgIpc) is 2.28. The molecule has 4 heteroatoms. The lowest BCUT2D eigenvalue weighted by Gasteiger charge is -2.13. The summed E-state index contributed by atoms with van der Waals surface area (Å²) in [4.78, 5) is 10.7. The van der Waals surface area contributed by atoms with Crippen LogP contribution in [0.1, 0.15) is 37.3 Å². The van der Waals surface area contributed by atoms with Crippen LogP contribution in [0.4, 0.5) is 8.78 Å². The van der Waals surface area contributed by atoms with Crippen molar-refractivity contribution in [1.29, 1.82) is 0 Å². The number of ether oxygens (including phenoxy) is 1. The number of carbonyl (C=O) groups excluding carboxylic acids is 1. The summed E-state index contributed by atoms with van der Waals surface area (Å²) in [7, 11) is 0. The summed E-state index contributed by atoms with van der Waals surface area (Å²) in [5.41, 5.74) is 0.548. The number of hydrogen-bond acceptors (Lipinski definition) is 2. The normalized spacial score (nSPS) is 12.6. The molecule has 88 valence electrons. The van der Waals surface area contributed by atoms with Crippen LogP contribution < -0.4 is 4.74 Å². The average molecular weight is 228 g/mol. The van der Waals surface area contributed by atoms with Gasteiger partial charge in [-0.3, -0.25) is 0 Å². The molecule has 16 heavy (non-hydrogen) atoms. The van der Waals surface area contributed by atoms with Crippen molar-refractivity contribution in [2.45, 2.75) is 26.2 Å². The van der Waals surface area contributed by atoms with Gasteiger partial charge < -0.3 is 9.53 Å². The lowest BCUT2D eigenvalue weighted by Crippen LogP contribution is -2.02. The molecule has 0 heterocycles. The summed E-state index contributed by atoms with van der Waals surface area (Å²) in [5, 5.41) is 0. The molecule has 0 aliphatic carbocycles. The monoisotopic (exact) mass is 228 g/mol. The summed E-state index contributed by atoms with van der Waals surface area (Å²) in [6.07, 6.45) is -1.76.